The molecule has 2 aliphatic rings. The molecule has 8 nitrogen and oxygen atoms in total. The molecule has 0 bridgehead atoms. The van der Waals surface area contributed by atoms with E-state index in [1.165, 1.54) is 13.8 Å². The number of thioether (sulfide) groups is 1. The van der Waals surface area contributed by atoms with E-state index >= 15 is 0 Å². The molecule has 1 atom stereocenters. The van der Waals surface area contributed by atoms with Gasteiger partial charge in [0, 0.05) is 19.4 Å². The number of para-hydroxylation sites is 2. The fraction of sp³-hybridized carbons (Fsp3) is 0.273. The van der Waals surface area contributed by atoms with Gasteiger partial charge >= 0.3 is 0 Å². The lowest BCUT2D eigenvalue weighted by atomic mass is 10.0. The Morgan fingerprint density at radius 3 is 2.62 bits per heavy atom. The fourth-order valence-electron chi connectivity index (χ4n) is 3.87. The van der Waals surface area contributed by atoms with Crippen molar-refractivity contribution in [1.29, 1.82) is 0 Å². The van der Waals surface area contributed by atoms with Crippen LogP contribution in [-0.2, 0) is 19.3 Å². The zero-order chi connectivity index (χ0) is 23.0. The van der Waals surface area contributed by atoms with Gasteiger partial charge in [-0.25, -0.2) is 0 Å². The smallest absolute Gasteiger partial charge is 0.270 e. The van der Waals surface area contributed by atoms with Crippen molar-refractivity contribution in [2.24, 2.45) is 5.10 Å². The molecule has 2 aliphatic heterocycles. The molecule has 32 heavy (non-hydrogen) atoms. The van der Waals surface area contributed by atoms with Crippen LogP contribution >= 0.6 is 23.4 Å². The van der Waals surface area contributed by atoms with Gasteiger partial charge in [-0.3, -0.25) is 14.4 Å². The third-order valence-electron chi connectivity index (χ3n) is 5.13. The first kappa shape index (κ1) is 22.2. The Labute approximate surface area is 194 Å². The number of hydrogen-bond acceptors (Lipinski definition) is 6. The van der Waals surface area contributed by atoms with Crippen LogP contribution in [0.4, 0.5) is 5.69 Å². The topological polar surface area (TPSA) is 91.3 Å². The first-order valence-corrected chi connectivity index (χ1v) is 11.1. The lowest BCUT2D eigenvalue weighted by Crippen LogP contribution is -2.49. The van der Waals surface area contributed by atoms with E-state index in [2.05, 4.69) is 10.4 Å². The highest BCUT2D eigenvalue weighted by Gasteiger charge is 2.61. The average Bonchev–Trinajstić information content (AvgIpc) is 3.22. The van der Waals surface area contributed by atoms with Crippen molar-refractivity contribution in [3.8, 4) is 5.75 Å². The van der Waals surface area contributed by atoms with Crippen molar-refractivity contribution in [1.82, 2.24) is 10.3 Å². The summed E-state index contributed by atoms with van der Waals surface area (Å²) in [5.74, 6) is -0.546. The van der Waals surface area contributed by atoms with Gasteiger partial charge in [-0.15, -0.1) is 5.10 Å². The first-order chi connectivity index (χ1) is 15.3. The van der Waals surface area contributed by atoms with Gasteiger partial charge in [0.25, 0.3) is 5.91 Å². The molecule has 2 aromatic carbocycles. The maximum atomic E-state index is 13.8. The summed E-state index contributed by atoms with van der Waals surface area (Å²) in [5.41, 5.74) is 2.23. The minimum atomic E-state index is -1.42. The molecule has 0 saturated carbocycles. The number of ether oxygens (including phenoxy) is 1. The number of benzene rings is 2. The van der Waals surface area contributed by atoms with Gasteiger partial charge < -0.3 is 15.0 Å². The van der Waals surface area contributed by atoms with Crippen LogP contribution in [0.5, 0.6) is 5.75 Å². The second kappa shape index (κ2) is 8.48. The Morgan fingerprint density at radius 2 is 1.94 bits per heavy atom. The van der Waals surface area contributed by atoms with Crippen LogP contribution in [0.15, 0.2) is 47.6 Å². The van der Waals surface area contributed by atoms with Crippen LogP contribution in [0.2, 0.25) is 5.02 Å². The molecule has 0 unspecified atom stereocenters. The lowest BCUT2D eigenvalue weighted by Gasteiger charge is -2.29. The third-order valence-corrected chi connectivity index (χ3v) is 6.68. The summed E-state index contributed by atoms with van der Waals surface area (Å²) in [6.07, 6.45) is 0. The summed E-state index contributed by atoms with van der Waals surface area (Å²) in [6, 6.07) is 12.7. The molecule has 10 heteroatoms. The summed E-state index contributed by atoms with van der Waals surface area (Å²) in [5, 5.41) is 8.68. The highest BCUT2D eigenvalue weighted by Crippen LogP contribution is 2.55. The van der Waals surface area contributed by atoms with E-state index in [1.807, 2.05) is 37.3 Å². The van der Waals surface area contributed by atoms with E-state index in [0.29, 0.717) is 22.0 Å². The molecule has 0 radical (unpaired) electrons. The molecule has 4 rings (SSSR count). The van der Waals surface area contributed by atoms with Crippen molar-refractivity contribution in [2.75, 3.05) is 18.1 Å². The highest BCUT2D eigenvalue weighted by atomic mass is 35.5. The number of nitrogens with zero attached hydrogens (tertiary/aromatic N) is 3. The van der Waals surface area contributed by atoms with Crippen molar-refractivity contribution in [3.63, 3.8) is 0 Å². The molecular formula is C22H21ClN4O4S. The van der Waals surface area contributed by atoms with Crippen molar-refractivity contribution >= 4 is 51.9 Å². The van der Waals surface area contributed by atoms with E-state index in [-0.39, 0.29) is 30.1 Å². The van der Waals surface area contributed by atoms with Gasteiger partial charge in [0.1, 0.15) is 12.4 Å². The second-order valence-electron chi connectivity index (χ2n) is 7.37. The number of amidine groups is 1. The highest BCUT2D eigenvalue weighted by molar-refractivity contribution is 8.15. The minimum Gasteiger partial charge on any atom is -0.490 e. The monoisotopic (exact) mass is 472 g/mol. The van der Waals surface area contributed by atoms with Crippen LogP contribution in [-0.4, -0.2) is 41.0 Å². The van der Waals surface area contributed by atoms with Crippen molar-refractivity contribution < 1.29 is 19.1 Å². The summed E-state index contributed by atoms with van der Waals surface area (Å²) in [4.78, 5) is 38.1. The van der Waals surface area contributed by atoms with Crippen molar-refractivity contribution in [2.45, 2.75) is 25.6 Å². The van der Waals surface area contributed by atoms with Gasteiger partial charge in [-0.05, 0) is 36.4 Å². The number of nitrogens with one attached hydrogen (secondary N) is 1. The number of anilines is 1. The molecular weight excluding hydrogens is 452 g/mol. The van der Waals surface area contributed by atoms with E-state index in [1.54, 1.807) is 17.0 Å². The van der Waals surface area contributed by atoms with E-state index < -0.39 is 10.8 Å². The van der Waals surface area contributed by atoms with E-state index in [0.717, 1.165) is 22.3 Å². The number of amides is 3. The number of rotatable bonds is 4. The van der Waals surface area contributed by atoms with Gasteiger partial charge in [0.15, 0.2) is 5.17 Å². The summed E-state index contributed by atoms with van der Waals surface area (Å²) >= 11 is 7.21. The molecule has 2 heterocycles. The maximum absolute atomic E-state index is 13.8. The van der Waals surface area contributed by atoms with Crippen LogP contribution in [0, 0.1) is 6.92 Å². The molecule has 0 fully saturated rings. The number of hydrogen-bond donors (Lipinski definition) is 1. The van der Waals surface area contributed by atoms with Crippen LogP contribution in [0.25, 0.3) is 0 Å². The van der Waals surface area contributed by atoms with Crippen molar-refractivity contribution in [3.05, 3.63) is 58.6 Å². The molecule has 0 aromatic heterocycles. The molecule has 0 aliphatic carbocycles. The Hall–Kier alpha value is -3.04. The molecule has 1 N–H and O–H groups in total. The predicted octanol–water partition coefficient (Wildman–Crippen LogP) is 3.23. The summed E-state index contributed by atoms with van der Waals surface area (Å²) < 4.78 is 5.80. The number of carbonyl (C=O) groups excluding carboxylic acids is 3. The van der Waals surface area contributed by atoms with E-state index in [9.17, 15) is 14.4 Å². The lowest BCUT2D eigenvalue weighted by molar-refractivity contribution is -0.139. The SMILES string of the molecule is CC(=O)NC1=NN(C(C)=O)[C@@]2(S1)C(=O)N(CCOc1ccccc1Cl)c1c(C)cccc12. The largest absolute Gasteiger partial charge is 0.490 e. The number of fused-ring (bicyclic) bond motifs is 2. The second-order valence-corrected chi connectivity index (χ2v) is 8.96. The fourth-order valence-corrected chi connectivity index (χ4v) is 5.39. The standard InChI is InChI=1S/C22H21ClN4O4S/c1-13-7-6-8-16-19(13)26(11-12-31-18-10-5-4-9-17(18)23)20(30)22(16)27(15(3)29)25-21(32-22)24-14(2)28/h4-10H,11-12H2,1-3H3,(H,24,25,28)/t22-/m0/s1. The molecule has 0 saturated heterocycles. The summed E-state index contributed by atoms with van der Waals surface area (Å²) in [7, 11) is 0. The molecule has 1 spiro atoms. The first-order valence-electron chi connectivity index (χ1n) is 9.91. The van der Waals surface area contributed by atoms with Gasteiger partial charge in [-0.1, -0.05) is 41.9 Å². The maximum Gasteiger partial charge on any atom is 0.270 e. The Bertz CT molecular complexity index is 1150. The number of hydrazone groups is 1. The quantitative estimate of drug-likeness (QED) is 0.737. The number of carbonyl (C=O) groups is 3. The number of halogens is 1. The van der Waals surface area contributed by atoms with E-state index in [4.69, 9.17) is 16.3 Å². The third kappa shape index (κ3) is 3.61. The minimum absolute atomic E-state index is 0.197. The Morgan fingerprint density at radius 1 is 1.19 bits per heavy atom. The van der Waals surface area contributed by atoms with Gasteiger partial charge in [-0.2, -0.15) is 5.01 Å². The van der Waals surface area contributed by atoms with Gasteiger partial charge in [0.2, 0.25) is 16.7 Å². The normalized spacial score (nSPS) is 19.2. The summed E-state index contributed by atoms with van der Waals surface area (Å²) in [6.45, 7) is 5.03. The Balaban J connectivity index is 1.68. The average molecular weight is 473 g/mol. The van der Waals surface area contributed by atoms with Gasteiger partial charge in [0.05, 0.1) is 17.3 Å². The Kier molecular flexibility index (Phi) is 5.87. The van der Waals surface area contributed by atoms with Crippen LogP contribution in [0.1, 0.15) is 25.0 Å². The molecule has 2 aromatic rings. The zero-order valence-corrected chi connectivity index (χ0v) is 19.3. The molecule has 166 valence electrons. The van der Waals surface area contributed by atoms with Crippen LogP contribution < -0.4 is 15.0 Å². The zero-order valence-electron chi connectivity index (χ0n) is 17.7. The number of aryl methyl sites for hydroxylation is 1. The predicted molar refractivity (Wildman–Crippen MR) is 124 cm³/mol. The van der Waals surface area contributed by atoms with Crippen LogP contribution in [0.3, 0.4) is 0 Å². The molecule has 3 amide bonds.